The quantitative estimate of drug-likeness (QED) is 0.617. The molecule has 1 amide bonds. The predicted molar refractivity (Wildman–Crippen MR) is 89.0 cm³/mol. The SMILES string of the molecule is CCc1sc(C(=O)Nc2ccc([N+](=O)[O-])cc2OC)cc1Br. The zero-order chi connectivity index (χ0) is 16.3. The van der Waals surface area contributed by atoms with Gasteiger partial charge in [0, 0.05) is 15.4 Å². The highest BCUT2D eigenvalue weighted by atomic mass is 79.9. The first-order valence-corrected chi connectivity index (χ1v) is 7.99. The Morgan fingerprint density at radius 2 is 2.18 bits per heavy atom. The number of nitro benzene ring substituents is 1. The van der Waals surface area contributed by atoms with E-state index in [1.165, 1.54) is 36.6 Å². The molecule has 0 saturated heterocycles. The average Bonchev–Trinajstić information content (AvgIpc) is 2.88. The van der Waals surface area contributed by atoms with Gasteiger partial charge in [0.1, 0.15) is 5.75 Å². The Kier molecular flexibility index (Phi) is 5.15. The van der Waals surface area contributed by atoms with E-state index >= 15 is 0 Å². The van der Waals surface area contributed by atoms with Crippen LogP contribution in [0.3, 0.4) is 0 Å². The lowest BCUT2D eigenvalue weighted by atomic mass is 10.2. The molecule has 1 aromatic heterocycles. The van der Waals surface area contributed by atoms with E-state index in [1.807, 2.05) is 6.92 Å². The van der Waals surface area contributed by atoms with Crippen molar-refractivity contribution in [3.05, 3.63) is 48.6 Å². The van der Waals surface area contributed by atoms with Gasteiger partial charge in [-0.3, -0.25) is 14.9 Å². The van der Waals surface area contributed by atoms with Gasteiger partial charge >= 0.3 is 0 Å². The summed E-state index contributed by atoms with van der Waals surface area (Å²) in [5.74, 6) is -0.0357. The number of methoxy groups -OCH3 is 1. The molecule has 1 N–H and O–H groups in total. The molecule has 0 saturated carbocycles. The first-order chi connectivity index (χ1) is 10.5. The first-order valence-electron chi connectivity index (χ1n) is 6.38. The molecule has 0 unspecified atom stereocenters. The van der Waals surface area contributed by atoms with E-state index in [4.69, 9.17) is 4.74 Å². The number of carbonyl (C=O) groups excluding carboxylic acids is 1. The number of nitrogens with one attached hydrogen (secondary N) is 1. The van der Waals surface area contributed by atoms with Crippen molar-refractivity contribution in [1.29, 1.82) is 0 Å². The van der Waals surface area contributed by atoms with Crippen molar-refractivity contribution >= 4 is 44.5 Å². The maximum atomic E-state index is 12.3. The predicted octanol–water partition coefficient (Wildman–Crippen LogP) is 4.24. The van der Waals surface area contributed by atoms with Gasteiger partial charge in [-0.15, -0.1) is 11.3 Å². The van der Waals surface area contributed by atoms with E-state index in [0.717, 1.165) is 15.8 Å². The smallest absolute Gasteiger partial charge is 0.273 e. The maximum Gasteiger partial charge on any atom is 0.273 e. The number of ether oxygens (including phenoxy) is 1. The number of amides is 1. The molecule has 0 aliphatic heterocycles. The van der Waals surface area contributed by atoms with Crippen LogP contribution in [0, 0.1) is 10.1 Å². The van der Waals surface area contributed by atoms with Crippen LogP contribution in [0.2, 0.25) is 0 Å². The van der Waals surface area contributed by atoms with Gasteiger partial charge in [0.15, 0.2) is 0 Å². The number of non-ortho nitro benzene ring substituents is 1. The second kappa shape index (κ2) is 6.89. The highest BCUT2D eigenvalue weighted by molar-refractivity contribution is 9.10. The Hall–Kier alpha value is -1.93. The van der Waals surface area contributed by atoms with Crippen molar-refractivity contribution < 1.29 is 14.5 Å². The summed E-state index contributed by atoms with van der Waals surface area (Å²) in [4.78, 5) is 24.2. The topological polar surface area (TPSA) is 81.5 Å². The summed E-state index contributed by atoms with van der Waals surface area (Å²) in [6, 6.07) is 5.81. The Balaban J connectivity index is 2.25. The largest absolute Gasteiger partial charge is 0.494 e. The van der Waals surface area contributed by atoms with Crippen LogP contribution < -0.4 is 10.1 Å². The molecule has 2 rings (SSSR count). The molecule has 2 aromatic rings. The standard InChI is InChI=1S/C14H13BrN2O4S/c1-3-12-9(15)7-13(22-12)14(18)16-10-5-4-8(17(19)20)6-11(10)21-2/h4-7H,3H2,1-2H3,(H,16,18). The Morgan fingerprint density at radius 3 is 2.73 bits per heavy atom. The van der Waals surface area contributed by atoms with Crippen molar-refractivity contribution in [3.63, 3.8) is 0 Å². The number of benzene rings is 1. The highest BCUT2D eigenvalue weighted by Gasteiger charge is 2.16. The molecule has 0 fully saturated rings. The molecule has 116 valence electrons. The summed E-state index contributed by atoms with van der Waals surface area (Å²) in [6.45, 7) is 2.01. The number of hydrogen-bond acceptors (Lipinski definition) is 5. The van der Waals surface area contributed by atoms with Gasteiger partial charge < -0.3 is 10.1 Å². The van der Waals surface area contributed by atoms with Gasteiger partial charge in [-0.25, -0.2) is 0 Å². The van der Waals surface area contributed by atoms with Crippen molar-refractivity contribution in [1.82, 2.24) is 0 Å². The maximum absolute atomic E-state index is 12.3. The summed E-state index contributed by atoms with van der Waals surface area (Å²) < 4.78 is 6.00. The fourth-order valence-corrected chi connectivity index (χ4v) is 3.63. The molecule has 0 spiro atoms. The van der Waals surface area contributed by atoms with E-state index in [9.17, 15) is 14.9 Å². The molecule has 0 radical (unpaired) electrons. The van der Waals surface area contributed by atoms with E-state index in [1.54, 1.807) is 6.07 Å². The molecule has 0 atom stereocenters. The van der Waals surface area contributed by atoms with E-state index in [-0.39, 0.29) is 17.3 Å². The minimum atomic E-state index is -0.516. The Morgan fingerprint density at radius 1 is 1.45 bits per heavy atom. The Bertz CT molecular complexity index is 730. The molecular formula is C14H13BrN2O4S. The lowest BCUT2D eigenvalue weighted by molar-refractivity contribution is -0.384. The molecule has 1 heterocycles. The van der Waals surface area contributed by atoms with Crippen LogP contribution in [0.15, 0.2) is 28.7 Å². The number of nitrogens with zero attached hydrogens (tertiary/aromatic N) is 1. The van der Waals surface area contributed by atoms with E-state index < -0.39 is 4.92 Å². The summed E-state index contributed by atoms with van der Waals surface area (Å²) in [5.41, 5.74) is 0.294. The van der Waals surface area contributed by atoms with Crippen molar-refractivity contribution in [2.24, 2.45) is 0 Å². The molecule has 1 aromatic carbocycles. The van der Waals surface area contributed by atoms with Gasteiger partial charge in [0.05, 0.1) is 28.7 Å². The number of halogens is 1. The summed E-state index contributed by atoms with van der Waals surface area (Å²) in [6.07, 6.45) is 0.833. The summed E-state index contributed by atoms with van der Waals surface area (Å²) in [7, 11) is 1.39. The van der Waals surface area contributed by atoms with Crippen LogP contribution in [0.5, 0.6) is 5.75 Å². The van der Waals surface area contributed by atoms with Crippen LogP contribution >= 0.6 is 27.3 Å². The second-order valence-electron chi connectivity index (χ2n) is 4.33. The fraction of sp³-hybridized carbons (Fsp3) is 0.214. The molecule has 0 aliphatic rings. The van der Waals surface area contributed by atoms with Crippen molar-refractivity contribution in [2.75, 3.05) is 12.4 Å². The lowest BCUT2D eigenvalue weighted by Crippen LogP contribution is -2.11. The molecule has 22 heavy (non-hydrogen) atoms. The Labute approximate surface area is 139 Å². The van der Waals surface area contributed by atoms with Gasteiger partial charge in [-0.1, -0.05) is 6.92 Å². The van der Waals surface area contributed by atoms with Crippen LogP contribution in [-0.4, -0.2) is 17.9 Å². The molecular weight excluding hydrogens is 372 g/mol. The zero-order valence-electron chi connectivity index (χ0n) is 11.9. The van der Waals surface area contributed by atoms with Gasteiger partial charge in [0.25, 0.3) is 11.6 Å². The molecule has 0 bridgehead atoms. The van der Waals surface area contributed by atoms with Crippen molar-refractivity contribution in [3.8, 4) is 5.75 Å². The average molecular weight is 385 g/mol. The number of thiophene rings is 1. The van der Waals surface area contributed by atoms with Crippen LogP contribution in [-0.2, 0) is 6.42 Å². The highest BCUT2D eigenvalue weighted by Crippen LogP contribution is 2.31. The third kappa shape index (κ3) is 3.45. The van der Waals surface area contributed by atoms with Gasteiger partial charge in [0.2, 0.25) is 0 Å². The minimum absolute atomic E-state index is 0.0954. The number of aryl methyl sites for hydroxylation is 1. The lowest BCUT2D eigenvalue weighted by Gasteiger charge is -2.09. The van der Waals surface area contributed by atoms with Gasteiger partial charge in [-0.2, -0.15) is 0 Å². The number of carbonyl (C=O) groups is 1. The second-order valence-corrected chi connectivity index (χ2v) is 6.32. The monoisotopic (exact) mass is 384 g/mol. The normalized spacial score (nSPS) is 10.3. The number of hydrogen-bond donors (Lipinski definition) is 1. The molecule has 6 nitrogen and oxygen atoms in total. The van der Waals surface area contributed by atoms with E-state index in [2.05, 4.69) is 21.2 Å². The van der Waals surface area contributed by atoms with Crippen LogP contribution in [0.4, 0.5) is 11.4 Å². The fourth-order valence-electron chi connectivity index (χ4n) is 1.84. The van der Waals surface area contributed by atoms with E-state index in [0.29, 0.717) is 10.6 Å². The summed E-state index contributed by atoms with van der Waals surface area (Å²) >= 11 is 4.82. The van der Waals surface area contributed by atoms with Crippen LogP contribution in [0.1, 0.15) is 21.5 Å². The first kappa shape index (κ1) is 16.4. The molecule has 8 heteroatoms. The third-order valence-corrected chi connectivity index (χ3v) is 5.19. The van der Waals surface area contributed by atoms with Crippen LogP contribution in [0.25, 0.3) is 0 Å². The minimum Gasteiger partial charge on any atom is -0.494 e. The number of anilines is 1. The zero-order valence-corrected chi connectivity index (χ0v) is 14.3. The van der Waals surface area contributed by atoms with Crippen molar-refractivity contribution in [2.45, 2.75) is 13.3 Å². The summed E-state index contributed by atoms with van der Waals surface area (Å²) in [5, 5.41) is 13.5. The third-order valence-electron chi connectivity index (χ3n) is 2.95. The molecule has 0 aliphatic carbocycles. The number of nitro groups is 1. The van der Waals surface area contributed by atoms with Gasteiger partial charge in [-0.05, 0) is 34.5 Å². The number of rotatable bonds is 5.